The molecule has 0 radical (unpaired) electrons. The summed E-state index contributed by atoms with van der Waals surface area (Å²) < 4.78 is 0. The summed E-state index contributed by atoms with van der Waals surface area (Å²) in [6.45, 7) is 0.455. The van der Waals surface area contributed by atoms with Crippen LogP contribution < -0.4 is 5.32 Å². The fourth-order valence-electron chi connectivity index (χ4n) is 2.85. The van der Waals surface area contributed by atoms with Crippen molar-refractivity contribution in [3.63, 3.8) is 0 Å². The molecular formula is C13H23NO8. The Bertz CT molecular complexity index is 417. The van der Waals surface area contributed by atoms with Gasteiger partial charge in [-0.15, -0.1) is 0 Å². The minimum absolute atomic E-state index is 0.0664. The predicted molar refractivity (Wildman–Crippen MR) is 72.6 cm³/mol. The fourth-order valence-corrected chi connectivity index (χ4v) is 2.85. The third-order valence-corrected chi connectivity index (χ3v) is 4.10. The maximum atomic E-state index is 11.3. The van der Waals surface area contributed by atoms with E-state index in [0.717, 1.165) is 0 Å². The van der Waals surface area contributed by atoms with Gasteiger partial charge < -0.3 is 36.0 Å². The molecule has 0 heterocycles. The summed E-state index contributed by atoms with van der Waals surface area (Å²) >= 11 is 0. The van der Waals surface area contributed by atoms with Gasteiger partial charge in [0.1, 0.15) is 6.10 Å². The quantitative estimate of drug-likeness (QED) is 0.266. The number of aliphatic hydroxyl groups excluding tert-OH is 4. The Morgan fingerprint density at radius 3 is 2.41 bits per heavy atom. The Morgan fingerprint density at radius 1 is 1.36 bits per heavy atom. The van der Waals surface area contributed by atoms with Gasteiger partial charge in [-0.2, -0.15) is 0 Å². The second-order valence-corrected chi connectivity index (χ2v) is 5.78. The van der Waals surface area contributed by atoms with E-state index in [4.69, 9.17) is 10.2 Å². The number of hydrogen-bond acceptors (Lipinski definition) is 7. The van der Waals surface area contributed by atoms with Crippen LogP contribution >= 0.6 is 0 Å². The lowest BCUT2D eigenvalue weighted by Crippen LogP contribution is -2.53. The first-order valence-corrected chi connectivity index (χ1v) is 7.00. The van der Waals surface area contributed by atoms with Gasteiger partial charge in [0.2, 0.25) is 5.91 Å². The zero-order chi connectivity index (χ0) is 17.1. The van der Waals surface area contributed by atoms with Crippen LogP contribution in [0.2, 0.25) is 0 Å². The number of rotatable bonds is 5. The van der Waals surface area contributed by atoms with Gasteiger partial charge in [0.05, 0.1) is 24.9 Å². The molecule has 0 saturated heterocycles. The normalized spacial score (nSPS) is 35.3. The second-order valence-electron chi connectivity index (χ2n) is 5.78. The molecule has 9 heteroatoms. The Balaban J connectivity index is 3.09. The number of aliphatic hydroxyl groups is 5. The van der Waals surface area contributed by atoms with Crippen molar-refractivity contribution in [3.8, 4) is 0 Å². The van der Waals surface area contributed by atoms with Crippen molar-refractivity contribution >= 4 is 11.9 Å². The monoisotopic (exact) mass is 321 g/mol. The average molecular weight is 321 g/mol. The molecule has 7 N–H and O–H groups in total. The number of aliphatic carboxylic acids is 1. The molecule has 0 aromatic rings. The van der Waals surface area contributed by atoms with Gasteiger partial charge in [-0.05, 0) is 12.8 Å². The number of carbonyl (C=O) groups is 2. The highest BCUT2D eigenvalue weighted by Crippen LogP contribution is 2.34. The molecule has 22 heavy (non-hydrogen) atoms. The van der Waals surface area contributed by atoms with Crippen molar-refractivity contribution in [2.24, 2.45) is 5.92 Å². The van der Waals surface area contributed by atoms with Crippen LogP contribution in [0.3, 0.4) is 0 Å². The van der Waals surface area contributed by atoms with Crippen LogP contribution in [0.15, 0.2) is 0 Å². The van der Waals surface area contributed by atoms with Crippen LogP contribution in [-0.4, -0.2) is 79.1 Å². The Labute approximate surface area is 127 Å². The standard InChI is InChI=1S/C13H23NO8/c1-6(16)14-10-7(11(19)9(18)5-15)2-3-13(22,12(20)21)4-8(10)17/h7-11,15,17-19,22H,2-5H2,1H3,(H,14,16)(H,20,21)/t7?,8?,9-,10+,11+,13+/m1/s1. The summed E-state index contributed by atoms with van der Waals surface area (Å²) in [6, 6.07) is -1.05. The van der Waals surface area contributed by atoms with Crippen LogP contribution in [0.25, 0.3) is 0 Å². The molecule has 128 valence electrons. The average Bonchev–Trinajstić information content (AvgIpc) is 2.55. The van der Waals surface area contributed by atoms with Crippen LogP contribution in [0.4, 0.5) is 0 Å². The zero-order valence-electron chi connectivity index (χ0n) is 12.2. The number of nitrogens with one attached hydrogen (secondary N) is 1. The summed E-state index contributed by atoms with van der Waals surface area (Å²) in [7, 11) is 0. The molecule has 2 unspecified atom stereocenters. The molecule has 1 amide bonds. The molecule has 9 nitrogen and oxygen atoms in total. The van der Waals surface area contributed by atoms with Crippen molar-refractivity contribution < 1.29 is 40.2 Å². The first kappa shape index (κ1) is 18.8. The molecule has 0 bridgehead atoms. The van der Waals surface area contributed by atoms with E-state index in [-0.39, 0.29) is 12.8 Å². The maximum Gasteiger partial charge on any atom is 0.335 e. The highest BCUT2D eigenvalue weighted by molar-refractivity contribution is 5.77. The van der Waals surface area contributed by atoms with Crippen LogP contribution in [0, 0.1) is 5.92 Å². The van der Waals surface area contributed by atoms with E-state index in [1.165, 1.54) is 6.92 Å². The van der Waals surface area contributed by atoms with Crippen LogP contribution in [0.5, 0.6) is 0 Å². The fraction of sp³-hybridized carbons (Fsp3) is 0.846. The summed E-state index contributed by atoms with van der Waals surface area (Å²) in [6.07, 6.45) is -5.29. The minimum atomic E-state index is -2.19. The Hall–Kier alpha value is -1.26. The van der Waals surface area contributed by atoms with Crippen molar-refractivity contribution in [2.75, 3.05) is 6.61 Å². The third-order valence-electron chi connectivity index (χ3n) is 4.10. The van der Waals surface area contributed by atoms with Gasteiger partial charge >= 0.3 is 5.97 Å². The largest absolute Gasteiger partial charge is 0.479 e. The Morgan fingerprint density at radius 2 is 1.95 bits per heavy atom. The van der Waals surface area contributed by atoms with Crippen molar-refractivity contribution in [1.82, 2.24) is 5.32 Å². The maximum absolute atomic E-state index is 11.3. The predicted octanol–water partition coefficient (Wildman–Crippen LogP) is -2.82. The molecule has 1 aliphatic carbocycles. The first-order valence-electron chi connectivity index (χ1n) is 7.00. The van der Waals surface area contributed by atoms with Crippen molar-refractivity contribution in [2.45, 2.75) is 56.1 Å². The molecule has 6 atom stereocenters. The molecule has 0 aliphatic heterocycles. The van der Waals surface area contributed by atoms with Crippen LogP contribution in [-0.2, 0) is 9.59 Å². The number of carboxylic acids is 1. The Kier molecular flexibility index (Phi) is 6.27. The van der Waals surface area contributed by atoms with Gasteiger partial charge in [0.25, 0.3) is 0 Å². The topological polar surface area (TPSA) is 168 Å². The number of amides is 1. The van der Waals surface area contributed by atoms with E-state index in [1.807, 2.05) is 0 Å². The zero-order valence-corrected chi connectivity index (χ0v) is 12.2. The number of carbonyl (C=O) groups excluding carboxylic acids is 1. The number of hydrogen-bond donors (Lipinski definition) is 7. The highest BCUT2D eigenvalue weighted by Gasteiger charge is 2.48. The second kappa shape index (κ2) is 7.34. The first-order chi connectivity index (χ1) is 10.1. The van der Waals surface area contributed by atoms with E-state index in [1.54, 1.807) is 0 Å². The van der Waals surface area contributed by atoms with Gasteiger partial charge in [-0.3, -0.25) is 4.79 Å². The molecule has 1 fully saturated rings. The van der Waals surface area contributed by atoms with Gasteiger partial charge in [-0.25, -0.2) is 4.79 Å². The molecule has 1 saturated carbocycles. The molecule has 0 aromatic heterocycles. The van der Waals surface area contributed by atoms with Gasteiger partial charge in [-0.1, -0.05) is 0 Å². The molecular weight excluding hydrogens is 298 g/mol. The molecule has 0 aromatic carbocycles. The molecule has 0 spiro atoms. The lowest BCUT2D eigenvalue weighted by molar-refractivity contribution is -0.162. The third kappa shape index (κ3) is 4.14. The van der Waals surface area contributed by atoms with Gasteiger partial charge in [0.15, 0.2) is 5.60 Å². The summed E-state index contributed by atoms with van der Waals surface area (Å²) in [4.78, 5) is 22.4. The lowest BCUT2D eigenvalue weighted by atomic mass is 9.85. The van der Waals surface area contributed by atoms with E-state index >= 15 is 0 Å². The highest BCUT2D eigenvalue weighted by atomic mass is 16.4. The summed E-state index contributed by atoms with van der Waals surface area (Å²) in [5.74, 6) is -2.94. The van der Waals surface area contributed by atoms with Crippen molar-refractivity contribution in [3.05, 3.63) is 0 Å². The van der Waals surface area contributed by atoms with Crippen LogP contribution in [0.1, 0.15) is 26.2 Å². The summed E-state index contributed by atoms with van der Waals surface area (Å²) in [5, 5.41) is 60.3. The number of carboxylic acid groups (broad SMARTS) is 1. The van der Waals surface area contributed by atoms with Gasteiger partial charge in [0, 0.05) is 19.3 Å². The van der Waals surface area contributed by atoms with E-state index in [0.29, 0.717) is 0 Å². The molecule has 1 rings (SSSR count). The minimum Gasteiger partial charge on any atom is -0.479 e. The molecule has 1 aliphatic rings. The summed E-state index contributed by atoms with van der Waals surface area (Å²) in [5.41, 5.74) is -2.19. The lowest BCUT2D eigenvalue weighted by Gasteiger charge is -2.34. The van der Waals surface area contributed by atoms with Crippen molar-refractivity contribution in [1.29, 1.82) is 0 Å². The van der Waals surface area contributed by atoms with E-state index in [2.05, 4.69) is 5.32 Å². The SMILES string of the molecule is CC(=O)N[C@@H]1C(O)C[C@](O)(C(=O)O)CCC1[C@H](O)[C@H](O)CO. The smallest absolute Gasteiger partial charge is 0.335 e. The van der Waals surface area contributed by atoms with E-state index in [9.17, 15) is 30.0 Å². The van der Waals surface area contributed by atoms with E-state index < -0.39 is 60.8 Å².